The average molecular weight is 308 g/mol. The van der Waals surface area contributed by atoms with Crippen LogP contribution in [-0.2, 0) is 4.79 Å². The summed E-state index contributed by atoms with van der Waals surface area (Å²) in [7, 11) is 1.66. The average Bonchev–Trinajstić information content (AvgIpc) is 2.80. The summed E-state index contributed by atoms with van der Waals surface area (Å²) in [5.74, 6) is -0.258. The predicted octanol–water partition coefficient (Wildman–Crippen LogP) is 2.39. The van der Waals surface area contributed by atoms with E-state index in [1.54, 1.807) is 31.3 Å². The molecule has 0 saturated carbocycles. The fourth-order valence-corrected chi connectivity index (χ4v) is 2.36. The van der Waals surface area contributed by atoms with Gasteiger partial charge in [-0.25, -0.2) is 0 Å². The van der Waals surface area contributed by atoms with Gasteiger partial charge in [0, 0.05) is 18.7 Å². The third-order valence-electron chi connectivity index (χ3n) is 3.52. The number of carbonyl (C=O) groups is 1. The van der Waals surface area contributed by atoms with E-state index in [0.29, 0.717) is 11.1 Å². The van der Waals surface area contributed by atoms with Crippen molar-refractivity contribution in [1.82, 2.24) is 0 Å². The van der Waals surface area contributed by atoms with Gasteiger partial charge in [-0.1, -0.05) is 30.3 Å². The summed E-state index contributed by atoms with van der Waals surface area (Å²) in [4.78, 5) is 24.1. The van der Waals surface area contributed by atoms with Gasteiger partial charge in [-0.05, 0) is 12.1 Å². The summed E-state index contributed by atoms with van der Waals surface area (Å²) in [6, 6.07) is 13.5. The molecule has 7 heteroatoms. The summed E-state index contributed by atoms with van der Waals surface area (Å²) in [6.07, 6.45) is 1.28. The summed E-state index contributed by atoms with van der Waals surface area (Å²) in [6.45, 7) is 0. The number of hydrogen-bond donors (Lipinski definition) is 0. The van der Waals surface area contributed by atoms with Crippen LogP contribution in [0.1, 0.15) is 11.1 Å². The van der Waals surface area contributed by atoms with Crippen molar-refractivity contribution in [1.29, 1.82) is 0 Å². The number of benzene rings is 2. The number of nitro benzene ring substituents is 1. The molecule has 0 spiro atoms. The molecule has 0 aliphatic carbocycles. The Kier molecular flexibility index (Phi) is 3.68. The molecule has 3 rings (SSSR count). The monoisotopic (exact) mass is 308 g/mol. The Morgan fingerprint density at radius 1 is 1.13 bits per heavy atom. The molecular weight excluding hydrogens is 296 g/mol. The molecule has 0 saturated heterocycles. The van der Waals surface area contributed by atoms with Crippen molar-refractivity contribution in [3.05, 3.63) is 69.8 Å². The maximum absolute atomic E-state index is 12.2. The molecule has 0 atom stereocenters. The Hall–Kier alpha value is -3.35. The van der Waals surface area contributed by atoms with Gasteiger partial charge in [0.1, 0.15) is 0 Å². The number of amides is 1. The van der Waals surface area contributed by atoms with E-state index >= 15 is 0 Å². The first kappa shape index (κ1) is 14.6. The zero-order valence-corrected chi connectivity index (χ0v) is 12.2. The highest BCUT2D eigenvalue weighted by Crippen LogP contribution is 2.27. The molecule has 7 nitrogen and oxygen atoms in total. The smallest absolute Gasteiger partial charge is 0.279 e. The van der Waals surface area contributed by atoms with Crippen LogP contribution in [0, 0.1) is 10.1 Å². The van der Waals surface area contributed by atoms with Gasteiger partial charge in [-0.15, -0.1) is 5.10 Å². The highest BCUT2D eigenvalue weighted by molar-refractivity contribution is 6.54. The normalized spacial score (nSPS) is 15.4. The van der Waals surface area contributed by atoms with Crippen molar-refractivity contribution in [3.8, 4) is 0 Å². The second kappa shape index (κ2) is 5.80. The second-order valence-corrected chi connectivity index (χ2v) is 4.89. The Labute approximate surface area is 131 Å². The number of nitro groups is 1. The van der Waals surface area contributed by atoms with E-state index in [1.165, 1.54) is 17.2 Å². The molecular formula is C16H12N4O3. The van der Waals surface area contributed by atoms with Crippen molar-refractivity contribution in [2.75, 3.05) is 11.9 Å². The number of fused-ring (bicyclic) bond motifs is 1. The first-order valence-corrected chi connectivity index (χ1v) is 6.81. The lowest BCUT2D eigenvalue weighted by Gasteiger charge is -2.07. The van der Waals surface area contributed by atoms with Gasteiger partial charge < -0.3 is 4.90 Å². The van der Waals surface area contributed by atoms with Gasteiger partial charge in [0.15, 0.2) is 5.71 Å². The molecule has 1 aliphatic rings. The van der Waals surface area contributed by atoms with Crippen molar-refractivity contribution in [2.24, 2.45) is 10.2 Å². The summed E-state index contributed by atoms with van der Waals surface area (Å²) >= 11 is 0. The fourth-order valence-electron chi connectivity index (χ4n) is 2.36. The topological polar surface area (TPSA) is 88.2 Å². The van der Waals surface area contributed by atoms with Crippen molar-refractivity contribution < 1.29 is 9.72 Å². The van der Waals surface area contributed by atoms with Crippen molar-refractivity contribution in [2.45, 2.75) is 0 Å². The van der Waals surface area contributed by atoms with Crippen LogP contribution in [0.15, 0.2) is 58.7 Å². The Morgan fingerprint density at radius 2 is 1.83 bits per heavy atom. The largest absolute Gasteiger partial charge is 0.309 e. The molecule has 0 bridgehead atoms. The number of para-hydroxylation sites is 2. The van der Waals surface area contributed by atoms with E-state index in [0.717, 1.165) is 5.69 Å². The van der Waals surface area contributed by atoms with Crippen LogP contribution in [0.25, 0.3) is 0 Å². The molecule has 0 radical (unpaired) electrons. The van der Waals surface area contributed by atoms with Crippen LogP contribution in [0.3, 0.4) is 0 Å². The SMILES string of the molecule is CN1C(=O)/C(=N/N=C\c2ccccc2[N+](=O)[O-])c2ccccc21. The second-order valence-electron chi connectivity index (χ2n) is 4.89. The lowest BCUT2D eigenvalue weighted by Crippen LogP contribution is -2.25. The van der Waals surface area contributed by atoms with E-state index in [2.05, 4.69) is 10.2 Å². The summed E-state index contributed by atoms with van der Waals surface area (Å²) in [5, 5.41) is 18.8. The minimum absolute atomic E-state index is 0.0632. The number of rotatable bonds is 3. The first-order valence-electron chi connectivity index (χ1n) is 6.81. The highest BCUT2D eigenvalue weighted by atomic mass is 16.6. The molecule has 114 valence electrons. The zero-order valence-electron chi connectivity index (χ0n) is 12.2. The van der Waals surface area contributed by atoms with E-state index < -0.39 is 4.92 Å². The summed E-state index contributed by atoms with van der Waals surface area (Å²) < 4.78 is 0. The van der Waals surface area contributed by atoms with Crippen LogP contribution in [0.4, 0.5) is 11.4 Å². The van der Waals surface area contributed by atoms with E-state index in [1.807, 2.05) is 18.2 Å². The number of nitrogens with zero attached hydrogens (tertiary/aromatic N) is 4. The standard InChI is InChI=1S/C16H12N4O3/c1-19-14-9-5-3-7-12(14)15(16(19)21)18-17-10-11-6-2-4-8-13(11)20(22)23/h2-10H,1H3/b17-10-,18-15+. The molecule has 2 aromatic carbocycles. The number of carbonyl (C=O) groups excluding carboxylic acids is 1. The third-order valence-corrected chi connectivity index (χ3v) is 3.52. The quantitative estimate of drug-likeness (QED) is 0.495. The summed E-state index contributed by atoms with van der Waals surface area (Å²) in [5.41, 5.74) is 1.94. The van der Waals surface area contributed by atoms with Crippen molar-refractivity contribution in [3.63, 3.8) is 0 Å². The Balaban J connectivity index is 1.95. The van der Waals surface area contributed by atoms with E-state index in [4.69, 9.17) is 0 Å². The maximum Gasteiger partial charge on any atom is 0.279 e. The van der Waals surface area contributed by atoms with Gasteiger partial charge in [0.2, 0.25) is 0 Å². The maximum atomic E-state index is 12.2. The molecule has 1 heterocycles. The lowest BCUT2D eigenvalue weighted by molar-refractivity contribution is -0.385. The third kappa shape index (κ3) is 2.59. The number of likely N-dealkylation sites (N-methyl/N-ethyl adjacent to an activating group) is 1. The first-order chi connectivity index (χ1) is 11.1. The molecule has 23 heavy (non-hydrogen) atoms. The van der Waals surface area contributed by atoms with E-state index in [9.17, 15) is 14.9 Å². The zero-order chi connectivity index (χ0) is 16.4. The molecule has 0 aromatic heterocycles. The van der Waals surface area contributed by atoms with Crippen LogP contribution in [0.5, 0.6) is 0 Å². The van der Waals surface area contributed by atoms with Crippen LogP contribution in [0.2, 0.25) is 0 Å². The van der Waals surface area contributed by atoms with Crippen molar-refractivity contribution >= 4 is 29.2 Å². The Bertz CT molecular complexity index is 858. The van der Waals surface area contributed by atoms with Crippen LogP contribution < -0.4 is 4.90 Å². The predicted molar refractivity (Wildman–Crippen MR) is 87.1 cm³/mol. The number of hydrogen-bond acceptors (Lipinski definition) is 5. The van der Waals surface area contributed by atoms with Gasteiger partial charge in [0.25, 0.3) is 11.6 Å². The Morgan fingerprint density at radius 3 is 2.61 bits per heavy atom. The number of anilines is 1. The fraction of sp³-hybridized carbons (Fsp3) is 0.0625. The minimum atomic E-state index is -0.488. The minimum Gasteiger partial charge on any atom is -0.309 e. The van der Waals surface area contributed by atoms with E-state index in [-0.39, 0.29) is 17.3 Å². The highest BCUT2D eigenvalue weighted by Gasteiger charge is 2.31. The van der Waals surface area contributed by atoms with Crippen LogP contribution >= 0.6 is 0 Å². The van der Waals surface area contributed by atoms with Gasteiger partial charge in [-0.2, -0.15) is 5.10 Å². The van der Waals surface area contributed by atoms with Gasteiger partial charge in [0.05, 0.1) is 22.4 Å². The molecule has 0 unspecified atom stereocenters. The van der Waals surface area contributed by atoms with Gasteiger partial charge in [-0.3, -0.25) is 14.9 Å². The van der Waals surface area contributed by atoms with Crippen LogP contribution in [-0.4, -0.2) is 29.8 Å². The molecule has 0 N–H and O–H groups in total. The molecule has 1 amide bonds. The molecule has 2 aromatic rings. The lowest BCUT2D eigenvalue weighted by atomic mass is 10.1. The molecule has 0 fully saturated rings. The van der Waals surface area contributed by atoms with Gasteiger partial charge >= 0.3 is 0 Å². The molecule has 1 aliphatic heterocycles.